The van der Waals surface area contributed by atoms with Gasteiger partial charge in [0.15, 0.2) is 0 Å². The van der Waals surface area contributed by atoms with E-state index in [-0.39, 0.29) is 11.5 Å². The molecule has 1 aliphatic carbocycles. The number of unbranched alkanes of at least 4 members (excludes halogenated alkanes) is 1. The lowest BCUT2D eigenvalue weighted by molar-refractivity contribution is 0.0408. The fraction of sp³-hybridized carbons (Fsp3) is 0.647. The maximum atomic E-state index is 10.5. The zero-order valence-corrected chi connectivity index (χ0v) is 11.8. The van der Waals surface area contributed by atoms with Crippen molar-refractivity contribution in [1.82, 2.24) is 0 Å². The van der Waals surface area contributed by atoms with Crippen LogP contribution in [0.4, 0.5) is 0 Å². The largest absolute Gasteiger partial charge is 0.388 e. The summed E-state index contributed by atoms with van der Waals surface area (Å²) in [6.45, 7) is 4.45. The van der Waals surface area contributed by atoms with E-state index in [0.29, 0.717) is 0 Å². The molecule has 1 heteroatoms. The van der Waals surface area contributed by atoms with Crippen molar-refractivity contribution in [1.29, 1.82) is 0 Å². The molecule has 0 heterocycles. The van der Waals surface area contributed by atoms with Crippen molar-refractivity contribution >= 4 is 0 Å². The Hall–Kier alpha value is -0.820. The number of hydrogen-bond acceptors (Lipinski definition) is 1. The number of aliphatic hydroxyl groups excluding tert-OH is 1. The van der Waals surface area contributed by atoms with E-state index in [4.69, 9.17) is 0 Å². The van der Waals surface area contributed by atoms with Gasteiger partial charge in [-0.1, -0.05) is 57.4 Å². The average Bonchev–Trinajstić information content (AvgIpc) is 2.84. The molecule has 1 aliphatic rings. The lowest BCUT2D eigenvalue weighted by Crippen LogP contribution is -2.21. The van der Waals surface area contributed by atoms with Gasteiger partial charge in [0, 0.05) is 0 Å². The Labute approximate surface area is 111 Å². The molecule has 1 fully saturated rings. The predicted octanol–water partition coefficient (Wildman–Crippen LogP) is 4.64. The lowest BCUT2D eigenvalue weighted by atomic mass is 9.79. The van der Waals surface area contributed by atoms with E-state index in [0.717, 1.165) is 24.8 Å². The molecule has 1 unspecified atom stereocenters. The first-order valence-corrected chi connectivity index (χ1v) is 7.42. The maximum Gasteiger partial charge on any atom is 0.0843 e. The second kappa shape index (κ2) is 5.88. The molecule has 0 bridgehead atoms. The van der Waals surface area contributed by atoms with Crippen LogP contribution in [0.2, 0.25) is 0 Å². The Balaban J connectivity index is 2.04. The second-order valence-corrected chi connectivity index (χ2v) is 6.11. The summed E-state index contributed by atoms with van der Waals surface area (Å²) in [7, 11) is 0. The van der Waals surface area contributed by atoms with Gasteiger partial charge in [-0.2, -0.15) is 0 Å². The molecule has 0 saturated heterocycles. The molecular formula is C17H26O. The first kappa shape index (κ1) is 13.6. The Morgan fingerprint density at radius 1 is 1.17 bits per heavy atom. The van der Waals surface area contributed by atoms with Crippen molar-refractivity contribution in [2.75, 3.05) is 0 Å². The van der Waals surface area contributed by atoms with Gasteiger partial charge in [0.05, 0.1) is 6.10 Å². The van der Waals surface area contributed by atoms with Crippen molar-refractivity contribution in [3.63, 3.8) is 0 Å². The molecular weight excluding hydrogens is 220 g/mol. The highest BCUT2D eigenvalue weighted by atomic mass is 16.3. The molecule has 0 aliphatic heterocycles. The molecule has 0 aromatic heterocycles. The van der Waals surface area contributed by atoms with Gasteiger partial charge in [-0.15, -0.1) is 0 Å². The fourth-order valence-electron chi connectivity index (χ4n) is 3.11. The van der Waals surface area contributed by atoms with Crippen LogP contribution in [0.15, 0.2) is 24.3 Å². The van der Waals surface area contributed by atoms with Crippen molar-refractivity contribution in [2.24, 2.45) is 5.41 Å². The van der Waals surface area contributed by atoms with Crippen LogP contribution in [-0.2, 0) is 6.42 Å². The molecule has 100 valence electrons. The standard InChI is InChI=1S/C17H26O/c1-3-4-7-14-8-10-15(11-9-14)16(18)17(2)12-5-6-13-17/h8-11,16,18H,3-7,12-13H2,1-2H3. The monoisotopic (exact) mass is 246 g/mol. The Morgan fingerprint density at radius 2 is 1.78 bits per heavy atom. The van der Waals surface area contributed by atoms with E-state index in [9.17, 15) is 5.11 Å². The van der Waals surface area contributed by atoms with E-state index >= 15 is 0 Å². The molecule has 1 aromatic carbocycles. The number of aliphatic hydroxyl groups is 1. The van der Waals surface area contributed by atoms with Gasteiger partial charge in [0.25, 0.3) is 0 Å². The second-order valence-electron chi connectivity index (χ2n) is 6.11. The van der Waals surface area contributed by atoms with Gasteiger partial charge < -0.3 is 5.11 Å². The Morgan fingerprint density at radius 3 is 2.33 bits per heavy atom. The van der Waals surface area contributed by atoms with Crippen LogP contribution in [0.1, 0.15) is 69.6 Å². The molecule has 0 amide bonds. The molecule has 1 nitrogen and oxygen atoms in total. The van der Waals surface area contributed by atoms with Gasteiger partial charge in [0.1, 0.15) is 0 Å². The topological polar surface area (TPSA) is 20.2 Å². The molecule has 1 N–H and O–H groups in total. The zero-order valence-electron chi connectivity index (χ0n) is 11.8. The van der Waals surface area contributed by atoms with Crippen LogP contribution < -0.4 is 0 Å². The Bertz CT molecular complexity index is 360. The molecule has 2 rings (SSSR count). The minimum Gasteiger partial charge on any atom is -0.388 e. The van der Waals surface area contributed by atoms with Crippen molar-refractivity contribution < 1.29 is 5.11 Å². The van der Waals surface area contributed by atoms with E-state index in [1.165, 1.54) is 31.2 Å². The molecule has 0 spiro atoms. The molecule has 1 saturated carbocycles. The third kappa shape index (κ3) is 2.95. The molecule has 1 aromatic rings. The normalized spacial score (nSPS) is 19.9. The quantitative estimate of drug-likeness (QED) is 0.802. The molecule has 0 radical (unpaired) electrons. The third-order valence-corrected chi connectivity index (χ3v) is 4.52. The number of hydrogen-bond donors (Lipinski definition) is 1. The average molecular weight is 246 g/mol. The lowest BCUT2D eigenvalue weighted by Gasteiger charge is -2.30. The summed E-state index contributed by atoms with van der Waals surface area (Å²) in [4.78, 5) is 0. The molecule has 18 heavy (non-hydrogen) atoms. The van der Waals surface area contributed by atoms with E-state index in [2.05, 4.69) is 38.1 Å². The summed E-state index contributed by atoms with van der Waals surface area (Å²) in [6, 6.07) is 8.62. The third-order valence-electron chi connectivity index (χ3n) is 4.52. The summed E-state index contributed by atoms with van der Waals surface area (Å²) in [5.74, 6) is 0. The number of benzene rings is 1. The van der Waals surface area contributed by atoms with Crippen molar-refractivity contribution in [2.45, 2.75) is 64.9 Å². The van der Waals surface area contributed by atoms with Gasteiger partial charge in [0.2, 0.25) is 0 Å². The summed E-state index contributed by atoms with van der Waals surface area (Å²) < 4.78 is 0. The van der Waals surface area contributed by atoms with Crippen molar-refractivity contribution in [3.8, 4) is 0 Å². The van der Waals surface area contributed by atoms with Crippen LogP contribution in [0.25, 0.3) is 0 Å². The summed E-state index contributed by atoms with van der Waals surface area (Å²) in [5.41, 5.74) is 2.59. The first-order valence-electron chi connectivity index (χ1n) is 7.42. The van der Waals surface area contributed by atoms with Crippen LogP contribution in [-0.4, -0.2) is 5.11 Å². The van der Waals surface area contributed by atoms with Gasteiger partial charge >= 0.3 is 0 Å². The summed E-state index contributed by atoms with van der Waals surface area (Å²) in [6.07, 6.45) is 8.20. The Kier molecular flexibility index (Phi) is 4.45. The highest BCUT2D eigenvalue weighted by Crippen LogP contribution is 2.47. The van der Waals surface area contributed by atoms with Gasteiger partial charge in [-0.3, -0.25) is 0 Å². The van der Waals surface area contributed by atoms with Crippen LogP contribution in [0.3, 0.4) is 0 Å². The van der Waals surface area contributed by atoms with E-state index in [1.54, 1.807) is 0 Å². The SMILES string of the molecule is CCCCc1ccc(C(O)C2(C)CCCC2)cc1. The minimum atomic E-state index is -0.291. The van der Waals surface area contributed by atoms with E-state index < -0.39 is 0 Å². The van der Waals surface area contributed by atoms with Crippen molar-refractivity contribution in [3.05, 3.63) is 35.4 Å². The van der Waals surface area contributed by atoms with Crippen LogP contribution in [0.5, 0.6) is 0 Å². The first-order chi connectivity index (χ1) is 8.65. The minimum absolute atomic E-state index is 0.102. The summed E-state index contributed by atoms with van der Waals surface area (Å²) >= 11 is 0. The number of rotatable bonds is 5. The molecule has 1 atom stereocenters. The smallest absolute Gasteiger partial charge is 0.0843 e. The van der Waals surface area contributed by atoms with Gasteiger partial charge in [-0.05, 0) is 42.2 Å². The zero-order chi connectivity index (χ0) is 13.0. The van der Waals surface area contributed by atoms with Crippen LogP contribution in [0, 0.1) is 5.41 Å². The number of aryl methyl sites for hydroxylation is 1. The summed E-state index contributed by atoms with van der Waals surface area (Å²) in [5, 5.41) is 10.5. The maximum absolute atomic E-state index is 10.5. The highest BCUT2D eigenvalue weighted by molar-refractivity contribution is 5.25. The highest BCUT2D eigenvalue weighted by Gasteiger charge is 2.36. The van der Waals surface area contributed by atoms with Gasteiger partial charge in [-0.25, -0.2) is 0 Å². The van der Waals surface area contributed by atoms with E-state index in [1.807, 2.05) is 0 Å². The van der Waals surface area contributed by atoms with Crippen LogP contribution >= 0.6 is 0 Å². The predicted molar refractivity (Wildman–Crippen MR) is 76.6 cm³/mol. The fourth-order valence-corrected chi connectivity index (χ4v) is 3.11.